The molecule has 4 rings (SSSR count). The van der Waals surface area contributed by atoms with E-state index in [-0.39, 0.29) is 30.7 Å². The Labute approximate surface area is 162 Å². The topological polar surface area (TPSA) is 44.4 Å². The quantitative estimate of drug-likeness (QED) is 0.835. The minimum absolute atomic E-state index is 0. The Balaban J connectivity index is 0.00000113. The molecule has 4 nitrogen and oxygen atoms in total. The highest BCUT2D eigenvalue weighted by Crippen LogP contribution is 2.58. The van der Waals surface area contributed by atoms with Crippen molar-refractivity contribution in [1.29, 1.82) is 0 Å². The van der Waals surface area contributed by atoms with Crippen molar-refractivity contribution >= 4 is 30.7 Å². The zero-order chi connectivity index (χ0) is 15.7. The Morgan fingerprint density at radius 1 is 1.20 bits per heavy atom. The van der Waals surface area contributed by atoms with E-state index in [0.717, 1.165) is 52.1 Å². The summed E-state index contributed by atoms with van der Waals surface area (Å²) >= 11 is 0. The summed E-state index contributed by atoms with van der Waals surface area (Å²) < 4.78 is 0. The highest BCUT2D eigenvalue weighted by atomic mass is 35.5. The lowest BCUT2D eigenvalue weighted by Gasteiger charge is -2.28. The van der Waals surface area contributed by atoms with Gasteiger partial charge in [0.2, 0.25) is 5.91 Å². The number of nitrogens with zero attached hydrogens (tertiary/aromatic N) is 1. The Morgan fingerprint density at radius 3 is 2.68 bits per heavy atom. The summed E-state index contributed by atoms with van der Waals surface area (Å²) in [6.45, 7) is 6.03. The van der Waals surface area contributed by atoms with Crippen LogP contribution in [0.1, 0.15) is 30.4 Å². The second-order valence-electron chi connectivity index (χ2n) is 7.45. The Kier molecular flexibility index (Phi) is 7.15. The van der Waals surface area contributed by atoms with Gasteiger partial charge in [-0.1, -0.05) is 24.3 Å². The summed E-state index contributed by atoms with van der Waals surface area (Å²) in [4.78, 5) is 14.8. The molecule has 1 atom stereocenters. The van der Waals surface area contributed by atoms with Crippen LogP contribution < -0.4 is 10.6 Å². The van der Waals surface area contributed by atoms with Crippen LogP contribution in [0.25, 0.3) is 0 Å². The lowest BCUT2D eigenvalue weighted by Crippen LogP contribution is -2.39. The maximum atomic E-state index is 12.4. The van der Waals surface area contributed by atoms with Crippen molar-refractivity contribution in [2.45, 2.75) is 32.2 Å². The molecule has 1 spiro atoms. The molecule has 3 aliphatic rings. The standard InChI is InChI=1S/C19H27N3O.2ClH/c23-18(17-13-19(17)6-8-20-9-7-19)21-10-12-22-11-5-15-3-1-2-4-16(15)14-22;;/h1-4,17,20H,5-14H2,(H,21,23);2*1H. The van der Waals surface area contributed by atoms with E-state index in [4.69, 9.17) is 0 Å². The van der Waals surface area contributed by atoms with Crippen LogP contribution in [-0.4, -0.2) is 43.5 Å². The Bertz CT molecular complexity index is 590. The molecular formula is C19H29Cl2N3O. The van der Waals surface area contributed by atoms with Gasteiger partial charge < -0.3 is 10.6 Å². The molecule has 2 N–H and O–H groups in total. The van der Waals surface area contributed by atoms with Crippen molar-refractivity contribution in [1.82, 2.24) is 15.5 Å². The molecule has 0 aromatic heterocycles. The van der Waals surface area contributed by atoms with Crippen LogP contribution >= 0.6 is 24.8 Å². The largest absolute Gasteiger partial charge is 0.355 e. The van der Waals surface area contributed by atoms with E-state index in [0.29, 0.717) is 11.3 Å². The van der Waals surface area contributed by atoms with Crippen LogP contribution in [0.2, 0.25) is 0 Å². The number of carbonyl (C=O) groups excluding carboxylic acids is 1. The first-order chi connectivity index (χ1) is 11.3. The molecule has 1 aromatic rings. The monoisotopic (exact) mass is 385 g/mol. The van der Waals surface area contributed by atoms with Crippen LogP contribution in [0.3, 0.4) is 0 Å². The maximum absolute atomic E-state index is 12.4. The molecule has 1 aliphatic carbocycles. The number of piperidine rings is 1. The van der Waals surface area contributed by atoms with Crippen LogP contribution in [-0.2, 0) is 17.8 Å². The third kappa shape index (κ3) is 4.48. The van der Waals surface area contributed by atoms with E-state index < -0.39 is 0 Å². The normalized spacial score (nSPS) is 23.8. The maximum Gasteiger partial charge on any atom is 0.223 e. The Hall–Kier alpha value is -0.810. The van der Waals surface area contributed by atoms with Crippen LogP contribution in [0.4, 0.5) is 0 Å². The van der Waals surface area contributed by atoms with Gasteiger partial charge in [-0.15, -0.1) is 24.8 Å². The van der Waals surface area contributed by atoms with E-state index in [9.17, 15) is 4.79 Å². The average molecular weight is 386 g/mol. The SMILES string of the molecule is Cl.Cl.O=C(NCCN1CCc2ccccc2C1)C1CC12CCNCC2. The van der Waals surface area contributed by atoms with Gasteiger partial charge in [-0.2, -0.15) is 0 Å². The zero-order valence-electron chi connectivity index (χ0n) is 14.6. The first kappa shape index (κ1) is 20.5. The summed E-state index contributed by atoms with van der Waals surface area (Å²) in [5.41, 5.74) is 3.28. The number of rotatable bonds is 4. The number of hydrogen-bond donors (Lipinski definition) is 2. The first-order valence-corrected chi connectivity index (χ1v) is 9.04. The number of fused-ring (bicyclic) bond motifs is 1. The minimum Gasteiger partial charge on any atom is -0.355 e. The molecule has 0 radical (unpaired) electrons. The molecule has 2 fully saturated rings. The van der Waals surface area contributed by atoms with Gasteiger partial charge >= 0.3 is 0 Å². The summed E-state index contributed by atoms with van der Waals surface area (Å²) in [5.74, 6) is 0.580. The summed E-state index contributed by atoms with van der Waals surface area (Å²) in [5, 5.41) is 6.58. The molecule has 1 aromatic carbocycles. The number of amides is 1. The number of halogens is 2. The lowest BCUT2D eigenvalue weighted by atomic mass is 9.92. The molecule has 1 amide bonds. The molecular weight excluding hydrogens is 357 g/mol. The number of carbonyl (C=O) groups is 1. The third-order valence-corrected chi connectivity index (χ3v) is 6.04. The number of hydrogen-bond acceptors (Lipinski definition) is 3. The van der Waals surface area contributed by atoms with Crippen LogP contribution in [0, 0.1) is 11.3 Å². The van der Waals surface area contributed by atoms with Crippen LogP contribution in [0.5, 0.6) is 0 Å². The van der Waals surface area contributed by atoms with Crippen molar-refractivity contribution in [2.75, 3.05) is 32.7 Å². The zero-order valence-corrected chi connectivity index (χ0v) is 16.3. The van der Waals surface area contributed by atoms with Crippen LogP contribution in [0.15, 0.2) is 24.3 Å². The molecule has 6 heteroatoms. The smallest absolute Gasteiger partial charge is 0.223 e. The second kappa shape index (κ2) is 8.72. The number of benzene rings is 1. The van der Waals surface area contributed by atoms with Crippen molar-refractivity contribution in [3.05, 3.63) is 35.4 Å². The van der Waals surface area contributed by atoms with E-state index in [2.05, 4.69) is 39.8 Å². The van der Waals surface area contributed by atoms with Gasteiger partial charge in [0.1, 0.15) is 0 Å². The molecule has 2 aliphatic heterocycles. The molecule has 1 saturated heterocycles. The van der Waals surface area contributed by atoms with Gasteiger partial charge in [0.15, 0.2) is 0 Å². The van der Waals surface area contributed by atoms with Gasteiger partial charge in [0.05, 0.1) is 0 Å². The Morgan fingerprint density at radius 2 is 1.92 bits per heavy atom. The fraction of sp³-hybridized carbons (Fsp3) is 0.632. The average Bonchev–Trinajstić information content (AvgIpc) is 3.28. The molecule has 1 saturated carbocycles. The van der Waals surface area contributed by atoms with Crippen molar-refractivity contribution < 1.29 is 4.79 Å². The molecule has 140 valence electrons. The summed E-state index contributed by atoms with van der Waals surface area (Å²) in [7, 11) is 0. The van der Waals surface area contributed by atoms with Gasteiger partial charge in [0.25, 0.3) is 0 Å². The van der Waals surface area contributed by atoms with Gasteiger partial charge in [-0.25, -0.2) is 0 Å². The summed E-state index contributed by atoms with van der Waals surface area (Å²) in [6, 6.07) is 8.71. The van der Waals surface area contributed by atoms with Crippen molar-refractivity contribution in [2.24, 2.45) is 11.3 Å². The lowest BCUT2D eigenvalue weighted by molar-refractivity contribution is -0.123. The van der Waals surface area contributed by atoms with Gasteiger partial charge in [-0.05, 0) is 55.3 Å². The summed E-state index contributed by atoms with van der Waals surface area (Å²) in [6.07, 6.45) is 4.59. The van der Waals surface area contributed by atoms with Crippen molar-refractivity contribution in [3.8, 4) is 0 Å². The predicted molar refractivity (Wildman–Crippen MR) is 106 cm³/mol. The van der Waals surface area contributed by atoms with Gasteiger partial charge in [0, 0.05) is 32.1 Å². The van der Waals surface area contributed by atoms with Gasteiger partial charge in [-0.3, -0.25) is 9.69 Å². The second-order valence-corrected chi connectivity index (χ2v) is 7.45. The molecule has 1 unspecified atom stereocenters. The molecule has 25 heavy (non-hydrogen) atoms. The molecule has 2 heterocycles. The highest BCUT2D eigenvalue weighted by molar-refractivity contribution is 5.85. The van der Waals surface area contributed by atoms with E-state index >= 15 is 0 Å². The van der Waals surface area contributed by atoms with E-state index in [1.807, 2.05) is 0 Å². The first-order valence-electron chi connectivity index (χ1n) is 9.04. The predicted octanol–water partition coefficient (Wildman–Crippen LogP) is 2.39. The fourth-order valence-corrected chi connectivity index (χ4v) is 4.40. The molecule has 0 bridgehead atoms. The fourth-order valence-electron chi connectivity index (χ4n) is 4.40. The van der Waals surface area contributed by atoms with E-state index in [1.54, 1.807) is 0 Å². The number of nitrogens with one attached hydrogen (secondary N) is 2. The third-order valence-electron chi connectivity index (χ3n) is 6.04. The highest BCUT2D eigenvalue weighted by Gasteiger charge is 2.57. The van der Waals surface area contributed by atoms with Crippen molar-refractivity contribution in [3.63, 3.8) is 0 Å². The van der Waals surface area contributed by atoms with E-state index in [1.165, 1.54) is 24.0 Å². The minimum atomic E-state index is 0.